The van der Waals surface area contributed by atoms with E-state index in [2.05, 4.69) is 26.2 Å². The van der Waals surface area contributed by atoms with E-state index in [1.165, 1.54) is 29.1 Å². The largest absolute Gasteiger partial charge is 0.388 e. The molecule has 1 saturated carbocycles. The summed E-state index contributed by atoms with van der Waals surface area (Å²) in [7, 11) is -3.36. The van der Waals surface area contributed by atoms with Crippen molar-refractivity contribution in [3.05, 3.63) is 46.5 Å². The minimum atomic E-state index is -3.36. The van der Waals surface area contributed by atoms with Crippen LogP contribution in [0.15, 0.2) is 40.3 Å². The first kappa shape index (κ1) is 21.0. The van der Waals surface area contributed by atoms with Crippen molar-refractivity contribution in [3.8, 4) is 12.3 Å². The summed E-state index contributed by atoms with van der Waals surface area (Å²) < 4.78 is 24.7. The van der Waals surface area contributed by atoms with Crippen LogP contribution in [0.3, 0.4) is 0 Å². The highest BCUT2D eigenvalue weighted by molar-refractivity contribution is 7.90. The van der Waals surface area contributed by atoms with Crippen molar-refractivity contribution in [2.75, 3.05) is 11.6 Å². The van der Waals surface area contributed by atoms with Crippen LogP contribution in [0.5, 0.6) is 0 Å². The molecule has 0 radical (unpaired) electrons. The molecule has 1 aliphatic carbocycles. The molecule has 0 aliphatic heterocycles. The van der Waals surface area contributed by atoms with Gasteiger partial charge in [-0.05, 0) is 44.4 Å². The van der Waals surface area contributed by atoms with Crippen LogP contribution in [0.25, 0.3) is 11.0 Å². The van der Waals surface area contributed by atoms with Crippen LogP contribution in [-0.2, 0) is 9.84 Å². The van der Waals surface area contributed by atoms with Gasteiger partial charge >= 0.3 is 0 Å². The molecule has 2 N–H and O–H groups in total. The minimum absolute atomic E-state index is 0.0941. The Morgan fingerprint density at radius 1 is 1.32 bits per heavy atom. The van der Waals surface area contributed by atoms with Crippen molar-refractivity contribution < 1.29 is 13.5 Å². The number of rotatable bonds is 4. The summed E-state index contributed by atoms with van der Waals surface area (Å²) in [5.41, 5.74) is -0.924. The lowest BCUT2D eigenvalue weighted by molar-refractivity contribution is 0.0266. The summed E-state index contributed by atoms with van der Waals surface area (Å²) in [6.45, 7) is 1.71. The molecule has 0 spiro atoms. The van der Waals surface area contributed by atoms with E-state index in [4.69, 9.17) is 6.42 Å². The van der Waals surface area contributed by atoms with Gasteiger partial charge in [-0.15, -0.1) is 6.42 Å². The maximum absolute atomic E-state index is 13.0. The Labute approximate surface area is 179 Å². The molecule has 1 fully saturated rings. The Bertz CT molecular complexity index is 1370. The molecule has 31 heavy (non-hydrogen) atoms. The monoisotopic (exact) mass is 439 g/mol. The molecule has 0 saturated heterocycles. The van der Waals surface area contributed by atoms with Gasteiger partial charge in [-0.3, -0.25) is 9.36 Å². The smallest absolute Gasteiger partial charge is 0.268 e. The summed E-state index contributed by atoms with van der Waals surface area (Å²) >= 11 is 0. The third-order valence-corrected chi connectivity index (χ3v) is 6.62. The zero-order chi connectivity index (χ0) is 22.4. The SMILES string of the molecule is C#Cc1cc2cnc(Nc3ccc(S(C)(=O)=O)cn3)nc2n([C@@H]2CCC[C@@]2(C)O)c1=O. The summed E-state index contributed by atoms with van der Waals surface area (Å²) in [6, 6.07) is 4.02. The number of pyridine rings is 2. The predicted molar refractivity (Wildman–Crippen MR) is 116 cm³/mol. The number of hydrogen-bond acceptors (Lipinski definition) is 8. The van der Waals surface area contributed by atoms with Crippen LogP contribution in [0, 0.1) is 12.3 Å². The first-order valence-corrected chi connectivity index (χ1v) is 11.5. The fraction of sp³-hybridized carbons (Fsp3) is 0.333. The molecule has 4 rings (SSSR count). The molecule has 9 nitrogen and oxygen atoms in total. The molecular formula is C21H21N5O4S. The highest BCUT2D eigenvalue weighted by atomic mass is 32.2. The predicted octanol–water partition coefficient (Wildman–Crippen LogP) is 1.79. The van der Waals surface area contributed by atoms with Crippen LogP contribution in [0.2, 0.25) is 0 Å². The van der Waals surface area contributed by atoms with Gasteiger partial charge in [-0.1, -0.05) is 5.92 Å². The maximum atomic E-state index is 13.0. The van der Waals surface area contributed by atoms with E-state index in [0.29, 0.717) is 29.7 Å². The molecule has 0 bridgehead atoms. The molecule has 0 unspecified atom stereocenters. The van der Waals surface area contributed by atoms with Crippen LogP contribution >= 0.6 is 0 Å². The van der Waals surface area contributed by atoms with Gasteiger partial charge in [0.2, 0.25) is 5.95 Å². The summed E-state index contributed by atoms with van der Waals surface area (Å²) in [6.07, 6.45) is 11.4. The minimum Gasteiger partial charge on any atom is -0.388 e. The molecule has 0 aromatic carbocycles. The highest BCUT2D eigenvalue weighted by Gasteiger charge is 2.39. The van der Waals surface area contributed by atoms with Crippen molar-refractivity contribution in [3.63, 3.8) is 0 Å². The third-order valence-electron chi connectivity index (χ3n) is 5.52. The number of aliphatic hydroxyl groups is 1. The van der Waals surface area contributed by atoms with Crippen molar-refractivity contribution in [2.24, 2.45) is 0 Å². The zero-order valence-corrected chi connectivity index (χ0v) is 17.8. The van der Waals surface area contributed by atoms with Gasteiger partial charge in [-0.2, -0.15) is 4.98 Å². The Balaban J connectivity index is 1.81. The van der Waals surface area contributed by atoms with Crippen LogP contribution < -0.4 is 10.9 Å². The quantitative estimate of drug-likeness (QED) is 0.589. The maximum Gasteiger partial charge on any atom is 0.268 e. The van der Waals surface area contributed by atoms with E-state index in [1.807, 2.05) is 0 Å². The van der Waals surface area contributed by atoms with E-state index in [1.54, 1.807) is 13.0 Å². The average molecular weight is 439 g/mol. The van der Waals surface area contributed by atoms with Crippen LogP contribution in [0.1, 0.15) is 37.8 Å². The van der Waals surface area contributed by atoms with Gasteiger partial charge in [0, 0.05) is 24.0 Å². The molecule has 2 atom stereocenters. The average Bonchev–Trinajstić information content (AvgIpc) is 3.06. The van der Waals surface area contributed by atoms with Crippen molar-refractivity contribution >= 4 is 32.6 Å². The Morgan fingerprint density at radius 2 is 2.10 bits per heavy atom. The fourth-order valence-corrected chi connectivity index (χ4v) is 4.46. The lowest BCUT2D eigenvalue weighted by Crippen LogP contribution is -2.38. The molecule has 3 aromatic rings. The first-order valence-electron chi connectivity index (χ1n) is 9.64. The van der Waals surface area contributed by atoms with Crippen molar-refractivity contribution in [1.29, 1.82) is 0 Å². The van der Waals surface area contributed by atoms with Crippen LogP contribution in [0.4, 0.5) is 11.8 Å². The van der Waals surface area contributed by atoms with E-state index in [9.17, 15) is 18.3 Å². The van der Waals surface area contributed by atoms with Gasteiger partial charge in [0.05, 0.1) is 22.1 Å². The van der Waals surface area contributed by atoms with Gasteiger partial charge in [-0.25, -0.2) is 18.4 Å². The third kappa shape index (κ3) is 3.89. The number of nitrogens with zero attached hydrogens (tertiary/aromatic N) is 4. The molecule has 160 valence electrons. The second-order valence-electron chi connectivity index (χ2n) is 7.89. The number of terminal acetylenes is 1. The number of aromatic nitrogens is 4. The van der Waals surface area contributed by atoms with E-state index >= 15 is 0 Å². The van der Waals surface area contributed by atoms with E-state index < -0.39 is 21.5 Å². The molecule has 3 heterocycles. The number of hydrogen-bond donors (Lipinski definition) is 2. The second kappa shape index (κ2) is 7.44. The standard InChI is InChI=1S/C21H21N5O4S/c1-4-13-10-14-11-23-20(24-17-8-7-15(12-22-17)31(3,29)30)25-18(14)26(19(13)27)16-6-5-9-21(16,2)28/h1,7-8,10-12,16,28H,5-6,9H2,2-3H3,(H,22,23,24,25)/t16-,21-/m1/s1. The van der Waals surface area contributed by atoms with Gasteiger partial charge < -0.3 is 10.4 Å². The topological polar surface area (TPSA) is 127 Å². The Morgan fingerprint density at radius 3 is 2.68 bits per heavy atom. The Hall–Kier alpha value is -3.29. The van der Waals surface area contributed by atoms with Gasteiger partial charge in [0.1, 0.15) is 11.5 Å². The van der Waals surface area contributed by atoms with Crippen molar-refractivity contribution in [2.45, 2.75) is 42.7 Å². The van der Waals surface area contributed by atoms with E-state index in [0.717, 1.165) is 12.7 Å². The van der Waals surface area contributed by atoms with Crippen LogP contribution in [-0.4, -0.2) is 44.9 Å². The molecular weight excluding hydrogens is 418 g/mol. The van der Waals surface area contributed by atoms with Gasteiger partial charge in [0.25, 0.3) is 5.56 Å². The molecule has 3 aromatic heterocycles. The normalized spacial score (nSPS) is 21.2. The summed E-state index contributed by atoms with van der Waals surface area (Å²) in [5.74, 6) is 2.92. The second-order valence-corrected chi connectivity index (χ2v) is 9.91. The summed E-state index contributed by atoms with van der Waals surface area (Å²) in [5, 5.41) is 14.3. The molecule has 0 amide bonds. The molecule has 1 aliphatic rings. The lowest BCUT2D eigenvalue weighted by Gasteiger charge is -2.28. The zero-order valence-electron chi connectivity index (χ0n) is 17.0. The van der Waals surface area contributed by atoms with E-state index in [-0.39, 0.29) is 22.0 Å². The number of nitrogens with one attached hydrogen (secondary N) is 1. The number of fused-ring (bicyclic) bond motifs is 1. The first-order chi connectivity index (χ1) is 14.6. The number of sulfone groups is 1. The Kier molecular flexibility index (Phi) is 5.03. The molecule has 10 heteroatoms. The van der Waals surface area contributed by atoms with Crippen molar-refractivity contribution in [1.82, 2.24) is 19.5 Å². The highest BCUT2D eigenvalue weighted by Crippen LogP contribution is 2.39. The fourth-order valence-electron chi connectivity index (χ4n) is 3.90. The lowest BCUT2D eigenvalue weighted by atomic mass is 9.99. The number of anilines is 2. The summed E-state index contributed by atoms with van der Waals surface area (Å²) in [4.78, 5) is 26.0. The van der Waals surface area contributed by atoms with Gasteiger partial charge in [0.15, 0.2) is 9.84 Å².